The maximum absolute atomic E-state index is 6.03. The van der Waals surface area contributed by atoms with Crippen LogP contribution in [0.1, 0.15) is 16.8 Å². The second kappa shape index (κ2) is 9.14. The minimum atomic E-state index is 0.717. The lowest BCUT2D eigenvalue weighted by atomic mass is 10.1. The number of hydrogen-bond acceptors (Lipinski definition) is 5. The molecule has 0 radical (unpaired) electrons. The van der Waals surface area contributed by atoms with E-state index >= 15 is 0 Å². The standard InChI is InChI=1S/C27H22ClN5S/c28-22-10-8-19(9-11-22)27-29-15-20-16-32(13-12-24(20)30-27)17-21-18-33(23-5-2-1-3-6-23)31-26(21)25-7-4-14-34-25/h1-11,14-15,18H,12-13,16-17H2. The van der Waals surface area contributed by atoms with Crippen LogP contribution in [0.2, 0.25) is 5.02 Å². The van der Waals surface area contributed by atoms with Gasteiger partial charge in [0.05, 0.1) is 16.3 Å². The Labute approximate surface area is 207 Å². The molecule has 7 heteroatoms. The molecule has 0 amide bonds. The highest BCUT2D eigenvalue weighted by Crippen LogP contribution is 2.30. The van der Waals surface area contributed by atoms with Gasteiger partial charge in [0, 0.05) is 60.2 Å². The summed E-state index contributed by atoms with van der Waals surface area (Å²) in [5.74, 6) is 0.757. The average Bonchev–Trinajstić information content (AvgIpc) is 3.55. The first kappa shape index (κ1) is 21.2. The fraction of sp³-hybridized carbons (Fsp3) is 0.148. The van der Waals surface area contributed by atoms with Crippen molar-refractivity contribution in [2.75, 3.05) is 6.54 Å². The van der Waals surface area contributed by atoms with Gasteiger partial charge in [0.25, 0.3) is 0 Å². The van der Waals surface area contributed by atoms with Crippen molar-refractivity contribution in [1.29, 1.82) is 0 Å². The van der Waals surface area contributed by atoms with E-state index < -0.39 is 0 Å². The maximum Gasteiger partial charge on any atom is 0.159 e. The summed E-state index contributed by atoms with van der Waals surface area (Å²) < 4.78 is 1.99. The quantitative estimate of drug-likeness (QED) is 0.295. The molecule has 0 unspecified atom stereocenters. The Hall–Kier alpha value is -3.32. The van der Waals surface area contributed by atoms with Crippen LogP contribution in [0.15, 0.2) is 84.5 Å². The van der Waals surface area contributed by atoms with Crippen molar-refractivity contribution in [2.24, 2.45) is 0 Å². The number of aromatic nitrogens is 4. The predicted octanol–water partition coefficient (Wildman–Crippen LogP) is 6.27. The van der Waals surface area contributed by atoms with Gasteiger partial charge in [-0.3, -0.25) is 4.90 Å². The van der Waals surface area contributed by atoms with Crippen LogP contribution >= 0.6 is 22.9 Å². The van der Waals surface area contributed by atoms with Gasteiger partial charge in [-0.05, 0) is 47.8 Å². The lowest BCUT2D eigenvalue weighted by molar-refractivity contribution is 0.243. The van der Waals surface area contributed by atoms with Crippen molar-refractivity contribution in [3.05, 3.63) is 106 Å². The molecule has 0 atom stereocenters. The Morgan fingerprint density at radius 1 is 0.971 bits per heavy atom. The predicted molar refractivity (Wildman–Crippen MR) is 137 cm³/mol. The minimum Gasteiger partial charge on any atom is -0.294 e. The molecule has 0 N–H and O–H groups in total. The Morgan fingerprint density at radius 2 is 1.82 bits per heavy atom. The normalized spacial score (nSPS) is 13.7. The molecular formula is C27H22ClN5S. The molecule has 6 rings (SSSR count). The molecule has 5 nitrogen and oxygen atoms in total. The van der Waals surface area contributed by atoms with Gasteiger partial charge in [-0.15, -0.1) is 11.3 Å². The molecule has 0 saturated carbocycles. The summed E-state index contributed by atoms with van der Waals surface area (Å²) in [5.41, 5.74) is 6.67. The van der Waals surface area contributed by atoms with Crippen molar-refractivity contribution in [1.82, 2.24) is 24.6 Å². The molecule has 1 aliphatic rings. The average molecular weight is 484 g/mol. The summed E-state index contributed by atoms with van der Waals surface area (Å²) in [6.07, 6.45) is 5.05. The Bertz CT molecular complexity index is 1410. The third kappa shape index (κ3) is 4.28. The molecule has 0 saturated heterocycles. The van der Waals surface area contributed by atoms with Crippen LogP contribution in [0.3, 0.4) is 0 Å². The van der Waals surface area contributed by atoms with Gasteiger partial charge >= 0.3 is 0 Å². The van der Waals surface area contributed by atoms with Gasteiger partial charge in [0.1, 0.15) is 5.69 Å². The summed E-state index contributed by atoms with van der Waals surface area (Å²) in [5, 5.41) is 7.77. The van der Waals surface area contributed by atoms with E-state index in [2.05, 4.69) is 45.7 Å². The molecule has 2 aromatic carbocycles. The van der Waals surface area contributed by atoms with Gasteiger partial charge in [-0.1, -0.05) is 35.9 Å². The fourth-order valence-corrected chi connectivity index (χ4v) is 5.22. The topological polar surface area (TPSA) is 46.8 Å². The molecule has 168 valence electrons. The number of hydrogen-bond donors (Lipinski definition) is 0. The van der Waals surface area contributed by atoms with Crippen molar-refractivity contribution < 1.29 is 0 Å². The summed E-state index contributed by atoms with van der Waals surface area (Å²) in [6.45, 7) is 2.61. The molecule has 0 bridgehead atoms. The van der Waals surface area contributed by atoms with Crippen LogP contribution < -0.4 is 0 Å². The van der Waals surface area contributed by atoms with E-state index in [0.717, 1.165) is 59.5 Å². The summed E-state index contributed by atoms with van der Waals surface area (Å²) in [7, 11) is 0. The number of nitrogens with zero attached hydrogens (tertiary/aromatic N) is 5. The second-order valence-electron chi connectivity index (χ2n) is 8.39. The van der Waals surface area contributed by atoms with Crippen LogP contribution in [-0.4, -0.2) is 31.2 Å². The van der Waals surface area contributed by atoms with Crippen LogP contribution in [-0.2, 0) is 19.5 Å². The van der Waals surface area contributed by atoms with E-state index in [9.17, 15) is 0 Å². The molecule has 34 heavy (non-hydrogen) atoms. The first-order valence-electron chi connectivity index (χ1n) is 11.2. The highest BCUT2D eigenvalue weighted by atomic mass is 35.5. The number of thiophene rings is 1. The fourth-order valence-electron chi connectivity index (χ4n) is 4.35. The third-order valence-electron chi connectivity index (χ3n) is 6.07. The lowest BCUT2D eigenvalue weighted by Gasteiger charge is -2.28. The smallest absolute Gasteiger partial charge is 0.159 e. The molecule has 3 aromatic heterocycles. The monoisotopic (exact) mass is 483 g/mol. The first-order chi connectivity index (χ1) is 16.7. The zero-order valence-electron chi connectivity index (χ0n) is 18.4. The van der Waals surface area contributed by atoms with E-state index in [1.165, 1.54) is 16.0 Å². The summed E-state index contributed by atoms with van der Waals surface area (Å²) >= 11 is 7.75. The van der Waals surface area contributed by atoms with Gasteiger partial charge in [-0.25, -0.2) is 14.6 Å². The van der Waals surface area contributed by atoms with Gasteiger partial charge in [0.15, 0.2) is 5.82 Å². The molecular weight excluding hydrogens is 462 g/mol. The van der Waals surface area contributed by atoms with E-state index in [-0.39, 0.29) is 0 Å². The van der Waals surface area contributed by atoms with Crippen LogP contribution in [0, 0.1) is 0 Å². The van der Waals surface area contributed by atoms with Crippen molar-refractivity contribution >= 4 is 22.9 Å². The van der Waals surface area contributed by atoms with Gasteiger partial charge in [0.2, 0.25) is 0 Å². The zero-order valence-corrected chi connectivity index (χ0v) is 20.0. The van der Waals surface area contributed by atoms with E-state index in [1.807, 2.05) is 53.3 Å². The number of fused-ring (bicyclic) bond motifs is 1. The van der Waals surface area contributed by atoms with Crippen molar-refractivity contribution in [3.63, 3.8) is 0 Å². The van der Waals surface area contributed by atoms with E-state index in [0.29, 0.717) is 0 Å². The Balaban J connectivity index is 1.25. The molecule has 0 spiro atoms. The summed E-state index contributed by atoms with van der Waals surface area (Å²) in [6, 6.07) is 22.2. The van der Waals surface area contributed by atoms with Gasteiger partial charge < -0.3 is 0 Å². The molecule has 4 heterocycles. The molecule has 5 aromatic rings. The second-order valence-corrected chi connectivity index (χ2v) is 9.78. The number of para-hydroxylation sites is 1. The van der Waals surface area contributed by atoms with Crippen LogP contribution in [0.4, 0.5) is 0 Å². The molecule has 0 fully saturated rings. The third-order valence-corrected chi connectivity index (χ3v) is 7.20. The SMILES string of the molecule is Clc1ccc(-c2ncc3c(n2)CCN(Cc2cn(-c4ccccc4)nc2-c2cccs2)C3)cc1. The largest absolute Gasteiger partial charge is 0.294 e. The molecule has 0 aliphatic carbocycles. The van der Waals surface area contributed by atoms with Crippen LogP contribution in [0.25, 0.3) is 27.6 Å². The van der Waals surface area contributed by atoms with E-state index in [1.54, 1.807) is 11.3 Å². The summed E-state index contributed by atoms with van der Waals surface area (Å²) in [4.78, 5) is 13.1. The number of benzene rings is 2. The van der Waals surface area contributed by atoms with Crippen molar-refractivity contribution in [2.45, 2.75) is 19.5 Å². The minimum absolute atomic E-state index is 0.717. The Kier molecular flexibility index (Phi) is 5.71. The number of halogens is 1. The first-order valence-corrected chi connectivity index (χ1v) is 12.5. The van der Waals surface area contributed by atoms with Crippen LogP contribution in [0.5, 0.6) is 0 Å². The zero-order chi connectivity index (χ0) is 22.9. The highest BCUT2D eigenvalue weighted by molar-refractivity contribution is 7.13. The highest BCUT2D eigenvalue weighted by Gasteiger charge is 2.22. The number of rotatable bonds is 5. The van der Waals surface area contributed by atoms with E-state index in [4.69, 9.17) is 21.7 Å². The maximum atomic E-state index is 6.03. The molecule has 1 aliphatic heterocycles. The lowest BCUT2D eigenvalue weighted by Crippen LogP contribution is -2.31. The Morgan fingerprint density at radius 3 is 2.62 bits per heavy atom. The van der Waals surface area contributed by atoms with Crippen molar-refractivity contribution in [3.8, 4) is 27.6 Å². The van der Waals surface area contributed by atoms with Gasteiger partial charge in [-0.2, -0.15) is 5.10 Å².